The summed E-state index contributed by atoms with van der Waals surface area (Å²) in [4.78, 5) is 17.4. The van der Waals surface area contributed by atoms with Crippen LogP contribution in [0.15, 0.2) is 52.7 Å². The molecule has 1 aliphatic rings. The SMILES string of the molecule is O=c1c2ccccc2nc(SCCn2cccn2)n1C1CC1. The Bertz CT molecular complexity index is 852. The maximum atomic E-state index is 12.7. The summed E-state index contributed by atoms with van der Waals surface area (Å²) in [5.41, 5.74) is 0.876. The van der Waals surface area contributed by atoms with Crippen molar-refractivity contribution in [1.29, 1.82) is 0 Å². The van der Waals surface area contributed by atoms with E-state index < -0.39 is 0 Å². The lowest BCUT2D eigenvalue weighted by atomic mass is 10.2. The predicted molar refractivity (Wildman–Crippen MR) is 87.2 cm³/mol. The van der Waals surface area contributed by atoms with Crippen LogP contribution >= 0.6 is 11.8 Å². The van der Waals surface area contributed by atoms with E-state index in [4.69, 9.17) is 4.98 Å². The molecule has 1 saturated carbocycles. The van der Waals surface area contributed by atoms with Crippen molar-refractivity contribution in [3.8, 4) is 0 Å². The summed E-state index contributed by atoms with van der Waals surface area (Å²) in [7, 11) is 0. The minimum atomic E-state index is 0.0923. The number of benzene rings is 1. The van der Waals surface area contributed by atoms with Crippen LogP contribution < -0.4 is 5.56 Å². The van der Waals surface area contributed by atoms with E-state index in [9.17, 15) is 4.79 Å². The van der Waals surface area contributed by atoms with Crippen LogP contribution in [-0.4, -0.2) is 25.1 Å². The molecule has 0 N–H and O–H groups in total. The molecule has 0 spiro atoms. The normalized spacial score (nSPS) is 14.5. The summed E-state index contributed by atoms with van der Waals surface area (Å²) in [5, 5.41) is 5.74. The van der Waals surface area contributed by atoms with E-state index in [1.165, 1.54) is 0 Å². The van der Waals surface area contributed by atoms with Crippen LogP contribution in [0.4, 0.5) is 0 Å². The third-order valence-corrected chi connectivity index (χ3v) is 4.73. The molecule has 4 rings (SSSR count). The molecule has 1 aromatic carbocycles. The molecule has 2 aromatic heterocycles. The minimum Gasteiger partial charge on any atom is -0.284 e. The van der Waals surface area contributed by atoms with Gasteiger partial charge in [-0.25, -0.2) is 4.98 Å². The Labute approximate surface area is 132 Å². The van der Waals surface area contributed by atoms with Gasteiger partial charge in [0.2, 0.25) is 0 Å². The van der Waals surface area contributed by atoms with Crippen LogP contribution in [0, 0.1) is 0 Å². The number of fused-ring (bicyclic) bond motifs is 1. The summed E-state index contributed by atoms with van der Waals surface area (Å²) in [6.45, 7) is 0.811. The Morgan fingerprint density at radius 1 is 1.23 bits per heavy atom. The van der Waals surface area contributed by atoms with Crippen LogP contribution in [0.1, 0.15) is 18.9 Å². The van der Waals surface area contributed by atoms with Gasteiger partial charge in [0, 0.05) is 24.2 Å². The van der Waals surface area contributed by atoms with Gasteiger partial charge < -0.3 is 0 Å². The Balaban J connectivity index is 1.66. The van der Waals surface area contributed by atoms with E-state index in [1.807, 2.05) is 45.8 Å². The molecule has 1 fully saturated rings. The lowest BCUT2D eigenvalue weighted by Gasteiger charge is -2.12. The minimum absolute atomic E-state index is 0.0923. The second kappa shape index (κ2) is 5.61. The zero-order valence-electron chi connectivity index (χ0n) is 12.1. The van der Waals surface area contributed by atoms with E-state index in [-0.39, 0.29) is 5.56 Å². The first-order valence-corrected chi connectivity index (χ1v) is 8.43. The summed E-state index contributed by atoms with van der Waals surface area (Å²) in [6.07, 6.45) is 5.88. The van der Waals surface area contributed by atoms with Crippen molar-refractivity contribution >= 4 is 22.7 Å². The Hall–Kier alpha value is -2.08. The van der Waals surface area contributed by atoms with Crippen LogP contribution in [0.5, 0.6) is 0 Å². The highest BCUT2D eigenvalue weighted by molar-refractivity contribution is 7.99. The molecule has 0 unspecified atom stereocenters. The first-order valence-electron chi connectivity index (χ1n) is 7.44. The van der Waals surface area contributed by atoms with Crippen molar-refractivity contribution in [1.82, 2.24) is 19.3 Å². The number of thioether (sulfide) groups is 1. The van der Waals surface area contributed by atoms with E-state index in [0.717, 1.165) is 35.8 Å². The molecule has 0 aliphatic heterocycles. The van der Waals surface area contributed by atoms with Crippen molar-refractivity contribution in [3.63, 3.8) is 0 Å². The van der Waals surface area contributed by atoms with Crippen LogP contribution in [0.25, 0.3) is 10.9 Å². The van der Waals surface area contributed by atoms with Gasteiger partial charge in [-0.1, -0.05) is 23.9 Å². The zero-order chi connectivity index (χ0) is 14.9. The van der Waals surface area contributed by atoms with Gasteiger partial charge in [-0.2, -0.15) is 5.10 Å². The molecule has 1 aliphatic carbocycles. The van der Waals surface area contributed by atoms with Gasteiger partial charge in [-0.05, 0) is 31.0 Å². The predicted octanol–water partition coefficient (Wildman–Crippen LogP) is 2.72. The van der Waals surface area contributed by atoms with E-state index >= 15 is 0 Å². The summed E-state index contributed by atoms with van der Waals surface area (Å²) in [5.74, 6) is 0.846. The Morgan fingerprint density at radius 2 is 2.09 bits per heavy atom. The van der Waals surface area contributed by atoms with Crippen molar-refractivity contribution in [2.75, 3.05) is 5.75 Å². The number of hydrogen-bond acceptors (Lipinski definition) is 4. The first-order chi connectivity index (χ1) is 10.8. The molecule has 0 amide bonds. The number of nitrogens with zero attached hydrogens (tertiary/aromatic N) is 4. The van der Waals surface area contributed by atoms with Gasteiger partial charge in [-0.15, -0.1) is 0 Å². The topological polar surface area (TPSA) is 52.7 Å². The number of aryl methyl sites for hydroxylation is 1. The fourth-order valence-electron chi connectivity index (χ4n) is 2.55. The third kappa shape index (κ3) is 2.54. The number of aromatic nitrogens is 4. The Kier molecular flexibility index (Phi) is 3.46. The quantitative estimate of drug-likeness (QED) is 0.537. The standard InChI is InChI=1S/C16H16N4OS/c21-15-13-4-1-2-5-14(13)18-16(20(15)12-6-7-12)22-11-10-19-9-3-8-17-19/h1-5,8-9,12H,6-7,10-11H2. The molecule has 22 heavy (non-hydrogen) atoms. The van der Waals surface area contributed by atoms with Crippen LogP contribution in [0.2, 0.25) is 0 Å². The molecule has 3 aromatic rings. The molecule has 2 heterocycles. The average Bonchev–Trinajstić information content (AvgIpc) is 3.23. The highest BCUT2D eigenvalue weighted by Gasteiger charge is 2.28. The lowest BCUT2D eigenvalue weighted by molar-refractivity contribution is 0.615. The van der Waals surface area contributed by atoms with Crippen LogP contribution in [-0.2, 0) is 6.54 Å². The highest BCUT2D eigenvalue weighted by atomic mass is 32.2. The average molecular weight is 312 g/mol. The highest BCUT2D eigenvalue weighted by Crippen LogP contribution is 2.36. The zero-order valence-corrected chi connectivity index (χ0v) is 12.9. The monoisotopic (exact) mass is 312 g/mol. The summed E-state index contributed by atoms with van der Waals surface area (Å²) in [6, 6.07) is 9.84. The maximum absolute atomic E-state index is 12.7. The molecule has 5 nitrogen and oxygen atoms in total. The van der Waals surface area contributed by atoms with Crippen molar-refractivity contribution in [2.45, 2.75) is 30.6 Å². The smallest absolute Gasteiger partial charge is 0.262 e. The molecular formula is C16H16N4OS. The van der Waals surface area contributed by atoms with Gasteiger partial charge in [0.15, 0.2) is 5.16 Å². The molecule has 6 heteroatoms. The van der Waals surface area contributed by atoms with Crippen LogP contribution in [0.3, 0.4) is 0 Å². The molecule has 112 valence electrons. The number of hydrogen-bond donors (Lipinski definition) is 0. The number of rotatable bonds is 5. The van der Waals surface area contributed by atoms with Gasteiger partial charge >= 0.3 is 0 Å². The van der Waals surface area contributed by atoms with Crippen molar-refractivity contribution in [3.05, 3.63) is 53.1 Å². The van der Waals surface area contributed by atoms with E-state index in [0.29, 0.717) is 11.4 Å². The summed E-state index contributed by atoms with van der Waals surface area (Å²) < 4.78 is 3.78. The summed E-state index contributed by atoms with van der Waals surface area (Å²) >= 11 is 1.63. The maximum Gasteiger partial charge on any atom is 0.262 e. The lowest BCUT2D eigenvalue weighted by Crippen LogP contribution is -2.22. The fourth-order valence-corrected chi connectivity index (χ4v) is 3.54. The van der Waals surface area contributed by atoms with E-state index in [1.54, 1.807) is 18.0 Å². The fraction of sp³-hybridized carbons (Fsp3) is 0.312. The van der Waals surface area contributed by atoms with E-state index in [2.05, 4.69) is 5.10 Å². The second-order valence-electron chi connectivity index (χ2n) is 5.44. The van der Waals surface area contributed by atoms with Gasteiger partial charge in [0.1, 0.15) is 0 Å². The number of para-hydroxylation sites is 1. The molecule has 0 radical (unpaired) electrons. The first kappa shape index (κ1) is 13.6. The van der Waals surface area contributed by atoms with Gasteiger partial charge in [0.25, 0.3) is 5.56 Å². The van der Waals surface area contributed by atoms with Crippen molar-refractivity contribution in [2.24, 2.45) is 0 Å². The molecule has 0 bridgehead atoms. The second-order valence-corrected chi connectivity index (χ2v) is 6.50. The largest absolute Gasteiger partial charge is 0.284 e. The van der Waals surface area contributed by atoms with Crippen molar-refractivity contribution < 1.29 is 0 Å². The molecule has 0 saturated heterocycles. The van der Waals surface area contributed by atoms with Gasteiger partial charge in [-0.3, -0.25) is 14.0 Å². The Morgan fingerprint density at radius 3 is 2.86 bits per heavy atom. The van der Waals surface area contributed by atoms with Gasteiger partial charge in [0.05, 0.1) is 17.4 Å². The molecular weight excluding hydrogens is 296 g/mol. The third-order valence-electron chi connectivity index (χ3n) is 3.80. The molecule has 0 atom stereocenters.